The molecule has 4 aromatic rings. The Morgan fingerprint density at radius 1 is 0.976 bits per heavy atom. The Hall–Kier alpha value is -5.18. The molecule has 12 nitrogen and oxygen atoms in total. The number of imide groups is 1. The summed E-state index contributed by atoms with van der Waals surface area (Å²) in [6, 6.07) is 5.07. The van der Waals surface area contributed by atoms with Gasteiger partial charge >= 0.3 is 6.03 Å². The molecule has 0 spiro atoms. The number of amides is 4. The normalized spacial score (nSPS) is 16.2. The van der Waals surface area contributed by atoms with Gasteiger partial charge in [-0.3, -0.25) is 19.4 Å². The molecule has 1 aliphatic heterocycles. The highest BCUT2D eigenvalue weighted by atomic mass is 16.2. The number of pyridine rings is 1. The number of rotatable bonds is 5. The number of carbonyl (C=O) groups is 3. The van der Waals surface area contributed by atoms with Gasteiger partial charge in [-0.25, -0.2) is 29.7 Å². The molecule has 0 aromatic carbocycles. The van der Waals surface area contributed by atoms with Gasteiger partial charge in [0.05, 0.1) is 5.69 Å². The van der Waals surface area contributed by atoms with Crippen molar-refractivity contribution in [3.8, 4) is 11.8 Å². The first-order valence-electron chi connectivity index (χ1n) is 13.3. The molecule has 12 heteroatoms. The molecular formula is C29H27N9O3. The lowest BCUT2D eigenvalue weighted by atomic mass is 10.1. The minimum absolute atomic E-state index is 0.0135. The average molecular weight is 550 g/mol. The van der Waals surface area contributed by atoms with E-state index in [0.717, 1.165) is 34.8 Å². The predicted octanol–water partition coefficient (Wildman–Crippen LogP) is 3.03. The number of likely N-dealkylation sites (N-methyl/N-ethyl adjacent to an activating group) is 1. The summed E-state index contributed by atoms with van der Waals surface area (Å²) in [5, 5.41) is 2.45. The first-order valence-corrected chi connectivity index (χ1v) is 13.3. The standard InChI is InChI=1S/C21H17N7O3.C8H10N2/c1-26-19(30)10-28(21(26)31)17-6-14(13-2-3-13)8-27-9-16(25-20(17)27)5-4-15-7-18(24-12-29)23-11-22-15;1-6-4-5-9-8(10-6)7-2-3-7/h6-9,11-13H,2-3,10H2,1H3,(H,22,23,24,29);4-5,7H,2-3H2,1H3. The summed E-state index contributed by atoms with van der Waals surface area (Å²) in [6.07, 6.45) is 12.2. The molecule has 3 aliphatic rings. The minimum atomic E-state index is -0.369. The zero-order valence-electron chi connectivity index (χ0n) is 22.6. The van der Waals surface area contributed by atoms with Crippen LogP contribution in [0.15, 0.2) is 43.1 Å². The van der Waals surface area contributed by atoms with Crippen molar-refractivity contribution in [1.82, 2.24) is 34.2 Å². The van der Waals surface area contributed by atoms with E-state index in [1.165, 1.54) is 31.1 Å². The fourth-order valence-corrected chi connectivity index (χ4v) is 4.49. The second-order valence-electron chi connectivity index (χ2n) is 10.2. The molecule has 1 N–H and O–H groups in total. The Bertz CT molecular complexity index is 1730. The van der Waals surface area contributed by atoms with Crippen molar-refractivity contribution >= 4 is 35.5 Å². The summed E-state index contributed by atoms with van der Waals surface area (Å²) >= 11 is 0. The van der Waals surface area contributed by atoms with Gasteiger partial charge in [0.15, 0.2) is 5.65 Å². The fraction of sp³-hybridized carbons (Fsp3) is 0.310. The van der Waals surface area contributed by atoms with Crippen molar-refractivity contribution in [1.29, 1.82) is 0 Å². The Kier molecular flexibility index (Phi) is 6.84. The highest BCUT2D eigenvalue weighted by molar-refractivity contribution is 6.13. The van der Waals surface area contributed by atoms with Crippen molar-refractivity contribution in [2.45, 2.75) is 44.4 Å². The number of anilines is 2. The summed E-state index contributed by atoms with van der Waals surface area (Å²) in [5.74, 6) is 8.14. The second-order valence-corrected chi connectivity index (χ2v) is 10.2. The van der Waals surface area contributed by atoms with Crippen LogP contribution in [0.3, 0.4) is 0 Å². The first-order chi connectivity index (χ1) is 19.9. The van der Waals surface area contributed by atoms with Crippen LogP contribution in [0.2, 0.25) is 0 Å². The zero-order valence-corrected chi connectivity index (χ0v) is 22.6. The van der Waals surface area contributed by atoms with Crippen LogP contribution in [0.4, 0.5) is 16.3 Å². The Morgan fingerprint density at radius 2 is 1.76 bits per heavy atom. The molecule has 2 saturated carbocycles. The Labute approximate surface area is 235 Å². The van der Waals surface area contributed by atoms with Crippen LogP contribution in [0.25, 0.3) is 5.65 Å². The Morgan fingerprint density at radius 3 is 2.44 bits per heavy atom. The number of urea groups is 1. The highest BCUT2D eigenvalue weighted by Gasteiger charge is 2.36. The first kappa shape index (κ1) is 26.1. The van der Waals surface area contributed by atoms with Crippen molar-refractivity contribution in [2.75, 3.05) is 23.8 Å². The lowest BCUT2D eigenvalue weighted by Crippen LogP contribution is -2.30. The van der Waals surface area contributed by atoms with Gasteiger partial charge in [-0.1, -0.05) is 0 Å². The summed E-state index contributed by atoms with van der Waals surface area (Å²) in [5.41, 5.74) is 4.25. The molecule has 5 heterocycles. The monoisotopic (exact) mass is 549 g/mol. The van der Waals surface area contributed by atoms with Crippen LogP contribution in [-0.4, -0.2) is 66.2 Å². The smallest absolute Gasteiger partial charge is 0.313 e. The van der Waals surface area contributed by atoms with Gasteiger partial charge in [-0.2, -0.15) is 0 Å². The molecule has 3 fully saturated rings. The van der Waals surface area contributed by atoms with Gasteiger partial charge in [0.25, 0.3) is 0 Å². The minimum Gasteiger partial charge on any atom is -0.313 e. The van der Waals surface area contributed by atoms with E-state index in [1.807, 2.05) is 35.9 Å². The molecule has 2 aliphatic carbocycles. The molecule has 4 aromatic heterocycles. The highest BCUT2D eigenvalue weighted by Crippen LogP contribution is 2.42. The summed E-state index contributed by atoms with van der Waals surface area (Å²) in [7, 11) is 1.48. The number of carbonyl (C=O) groups excluding carboxylic acids is 3. The molecular weight excluding hydrogens is 522 g/mol. The predicted molar refractivity (Wildman–Crippen MR) is 149 cm³/mol. The third-order valence-electron chi connectivity index (χ3n) is 7.03. The number of aromatic nitrogens is 6. The van der Waals surface area contributed by atoms with Crippen LogP contribution >= 0.6 is 0 Å². The fourth-order valence-electron chi connectivity index (χ4n) is 4.49. The van der Waals surface area contributed by atoms with Gasteiger partial charge < -0.3 is 9.72 Å². The quantitative estimate of drug-likeness (QED) is 0.228. The van der Waals surface area contributed by atoms with E-state index in [9.17, 15) is 14.4 Å². The zero-order chi connectivity index (χ0) is 28.5. The molecule has 0 radical (unpaired) electrons. The maximum absolute atomic E-state index is 12.6. The van der Waals surface area contributed by atoms with Crippen LogP contribution in [-0.2, 0) is 9.59 Å². The molecule has 1 saturated heterocycles. The van der Waals surface area contributed by atoms with Crippen molar-refractivity contribution in [3.05, 3.63) is 71.6 Å². The van der Waals surface area contributed by atoms with E-state index in [2.05, 4.69) is 42.1 Å². The van der Waals surface area contributed by atoms with Crippen LogP contribution < -0.4 is 10.2 Å². The largest absolute Gasteiger partial charge is 0.331 e. The maximum atomic E-state index is 12.6. The number of nitrogens with zero attached hydrogens (tertiary/aromatic N) is 8. The summed E-state index contributed by atoms with van der Waals surface area (Å²) < 4.78 is 1.85. The van der Waals surface area contributed by atoms with E-state index in [1.54, 1.807) is 12.3 Å². The van der Waals surface area contributed by atoms with Crippen molar-refractivity contribution < 1.29 is 14.4 Å². The van der Waals surface area contributed by atoms with E-state index < -0.39 is 0 Å². The average Bonchev–Trinajstić information content (AvgIpc) is 3.90. The Balaban J connectivity index is 0.000000253. The molecule has 206 valence electrons. The van der Waals surface area contributed by atoms with Crippen molar-refractivity contribution in [2.24, 2.45) is 0 Å². The molecule has 0 bridgehead atoms. The van der Waals surface area contributed by atoms with Crippen LogP contribution in [0.5, 0.6) is 0 Å². The van der Waals surface area contributed by atoms with E-state index in [4.69, 9.17) is 0 Å². The van der Waals surface area contributed by atoms with E-state index in [0.29, 0.717) is 46.8 Å². The van der Waals surface area contributed by atoms with Gasteiger partial charge in [-0.05, 0) is 68.1 Å². The number of hydrogen-bond donors (Lipinski definition) is 1. The lowest BCUT2D eigenvalue weighted by Gasteiger charge is -2.17. The van der Waals surface area contributed by atoms with Gasteiger partial charge in [0.2, 0.25) is 12.3 Å². The molecule has 41 heavy (non-hydrogen) atoms. The van der Waals surface area contributed by atoms with Gasteiger partial charge in [-0.15, -0.1) is 0 Å². The number of aryl methyl sites for hydroxylation is 1. The topological polar surface area (TPSA) is 139 Å². The van der Waals surface area contributed by atoms with Crippen molar-refractivity contribution in [3.63, 3.8) is 0 Å². The van der Waals surface area contributed by atoms with Crippen LogP contribution in [0.1, 0.15) is 66.0 Å². The van der Waals surface area contributed by atoms with E-state index >= 15 is 0 Å². The van der Waals surface area contributed by atoms with Crippen LogP contribution in [0, 0.1) is 18.8 Å². The van der Waals surface area contributed by atoms with Gasteiger partial charge in [0, 0.05) is 43.3 Å². The summed E-state index contributed by atoms with van der Waals surface area (Å²) in [6.45, 7) is 1.99. The molecule has 0 unspecified atom stereocenters. The lowest BCUT2D eigenvalue weighted by molar-refractivity contribution is -0.123. The number of nitrogens with one attached hydrogen (secondary N) is 1. The number of imidazole rings is 1. The number of hydrogen-bond acceptors (Lipinski definition) is 8. The number of fused-ring (bicyclic) bond motifs is 1. The molecule has 0 atom stereocenters. The summed E-state index contributed by atoms with van der Waals surface area (Å²) in [4.78, 5) is 58.9. The van der Waals surface area contributed by atoms with E-state index in [-0.39, 0.29) is 18.5 Å². The third kappa shape index (κ3) is 5.74. The van der Waals surface area contributed by atoms with Gasteiger partial charge in [0.1, 0.15) is 35.9 Å². The second kappa shape index (κ2) is 10.8. The maximum Gasteiger partial charge on any atom is 0.331 e. The third-order valence-corrected chi connectivity index (χ3v) is 7.03. The molecule has 7 rings (SSSR count). The molecule has 4 amide bonds. The SMILES string of the molecule is CN1C(=O)CN(c2cc(C3CC3)cn3cc(C#Cc4cc(NC=O)ncn4)nc23)C1=O.Cc1ccnc(C2CC2)n1.